The fraction of sp³-hybridized carbons (Fsp3) is 0.458. The molecular formula is C24H28Cl2N2. The van der Waals surface area contributed by atoms with E-state index in [2.05, 4.69) is 55.1 Å². The van der Waals surface area contributed by atoms with E-state index in [9.17, 15) is 5.26 Å². The second-order valence-electron chi connectivity index (χ2n) is 8.14. The Morgan fingerprint density at radius 1 is 1.11 bits per heavy atom. The van der Waals surface area contributed by atoms with Gasteiger partial charge < -0.3 is 0 Å². The Labute approximate surface area is 179 Å². The maximum absolute atomic E-state index is 10.2. The second-order valence-corrected chi connectivity index (χ2v) is 8.95. The van der Waals surface area contributed by atoms with Crippen LogP contribution in [0.1, 0.15) is 50.7 Å². The van der Waals surface area contributed by atoms with Gasteiger partial charge in [0.05, 0.1) is 21.5 Å². The predicted molar refractivity (Wildman–Crippen MR) is 118 cm³/mol. The van der Waals surface area contributed by atoms with E-state index in [1.807, 2.05) is 18.2 Å². The summed E-state index contributed by atoms with van der Waals surface area (Å²) in [5, 5.41) is 11.2. The number of hydrogen-bond acceptors (Lipinski definition) is 2. The van der Waals surface area contributed by atoms with E-state index in [0.717, 1.165) is 44.3 Å². The Bertz CT molecular complexity index is 824. The van der Waals surface area contributed by atoms with E-state index in [1.165, 1.54) is 5.56 Å². The molecule has 1 unspecified atom stereocenters. The van der Waals surface area contributed by atoms with Crippen molar-refractivity contribution in [3.63, 3.8) is 0 Å². The maximum Gasteiger partial charge on any atom is 0.0851 e. The zero-order valence-electron chi connectivity index (χ0n) is 16.7. The topological polar surface area (TPSA) is 27.0 Å². The molecular weight excluding hydrogens is 387 g/mol. The summed E-state index contributed by atoms with van der Waals surface area (Å²) in [6, 6.07) is 19.4. The van der Waals surface area contributed by atoms with Crippen LogP contribution in [0.4, 0.5) is 0 Å². The van der Waals surface area contributed by atoms with E-state index >= 15 is 0 Å². The van der Waals surface area contributed by atoms with Crippen LogP contribution in [0.15, 0.2) is 48.5 Å². The van der Waals surface area contributed by atoms with E-state index < -0.39 is 5.41 Å². The van der Waals surface area contributed by atoms with Crippen LogP contribution in [0, 0.1) is 17.2 Å². The minimum atomic E-state index is -0.455. The van der Waals surface area contributed by atoms with Crippen LogP contribution in [-0.2, 0) is 12.0 Å². The minimum absolute atomic E-state index is 0.427. The molecule has 0 N–H and O–H groups in total. The van der Waals surface area contributed by atoms with Gasteiger partial charge in [-0.15, -0.1) is 0 Å². The molecule has 0 heterocycles. The van der Waals surface area contributed by atoms with Crippen molar-refractivity contribution in [2.24, 2.45) is 5.92 Å². The van der Waals surface area contributed by atoms with E-state index in [0.29, 0.717) is 22.0 Å². The fourth-order valence-corrected chi connectivity index (χ4v) is 4.34. The molecule has 2 aromatic carbocycles. The second kappa shape index (κ2) is 9.31. The van der Waals surface area contributed by atoms with Gasteiger partial charge in [0.2, 0.25) is 0 Å². The van der Waals surface area contributed by atoms with Gasteiger partial charge in [0.25, 0.3) is 0 Å². The van der Waals surface area contributed by atoms with Crippen LogP contribution in [0.3, 0.4) is 0 Å². The Morgan fingerprint density at radius 2 is 1.82 bits per heavy atom. The molecule has 1 aliphatic carbocycles. The van der Waals surface area contributed by atoms with Crippen molar-refractivity contribution >= 4 is 23.2 Å². The summed E-state index contributed by atoms with van der Waals surface area (Å²) in [6.07, 6.45) is 4.07. The Balaban J connectivity index is 1.71. The average Bonchev–Trinajstić information content (AvgIpc) is 3.53. The molecule has 0 saturated heterocycles. The lowest BCUT2D eigenvalue weighted by atomic mass is 9.73. The third-order valence-corrected chi connectivity index (χ3v) is 6.62. The van der Waals surface area contributed by atoms with Crippen LogP contribution in [0.5, 0.6) is 0 Å². The summed E-state index contributed by atoms with van der Waals surface area (Å²) in [4.78, 5) is 2.49. The fourth-order valence-electron chi connectivity index (χ4n) is 4.04. The molecule has 148 valence electrons. The van der Waals surface area contributed by atoms with Gasteiger partial charge in [0.1, 0.15) is 0 Å². The summed E-state index contributed by atoms with van der Waals surface area (Å²) >= 11 is 12.4. The number of benzene rings is 2. The molecule has 2 aromatic rings. The molecule has 1 aliphatic rings. The van der Waals surface area contributed by atoms with Crippen LogP contribution in [0.2, 0.25) is 10.0 Å². The molecule has 1 atom stereocenters. The van der Waals surface area contributed by atoms with Gasteiger partial charge in [0.15, 0.2) is 0 Å². The normalized spacial score (nSPS) is 16.2. The highest BCUT2D eigenvalue weighted by Crippen LogP contribution is 2.50. The van der Waals surface area contributed by atoms with Gasteiger partial charge in [0, 0.05) is 12.6 Å². The summed E-state index contributed by atoms with van der Waals surface area (Å²) in [6.45, 7) is 6.39. The van der Waals surface area contributed by atoms with Crippen molar-refractivity contribution in [3.05, 3.63) is 69.7 Å². The summed E-state index contributed by atoms with van der Waals surface area (Å²) in [5.74, 6) is 0.427. The lowest BCUT2D eigenvalue weighted by molar-refractivity contribution is 0.202. The number of halogens is 2. The van der Waals surface area contributed by atoms with Crippen molar-refractivity contribution in [2.75, 3.05) is 6.54 Å². The highest BCUT2D eigenvalue weighted by molar-refractivity contribution is 6.42. The van der Waals surface area contributed by atoms with Crippen LogP contribution >= 0.6 is 23.2 Å². The van der Waals surface area contributed by atoms with Gasteiger partial charge in [-0.05, 0) is 75.3 Å². The zero-order chi connectivity index (χ0) is 20.1. The lowest BCUT2D eigenvalue weighted by Gasteiger charge is -2.31. The Morgan fingerprint density at radius 3 is 2.39 bits per heavy atom. The molecule has 0 bridgehead atoms. The van der Waals surface area contributed by atoms with Gasteiger partial charge in [-0.25, -0.2) is 0 Å². The first-order chi connectivity index (χ1) is 13.5. The van der Waals surface area contributed by atoms with Gasteiger partial charge in [-0.3, -0.25) is 4.90 Å². The number of rotatable bonds is 9. The van der Waals surface area contributed by atoms with Crippen molar-refractivity contribution in [1.82, 2.24) is 4.90 Å². The first-order valence-corrected chi connectivity index (χ1v) is 10.9. The number of hydrogen-bond donors (Lipinski definition) is 0. The third-order valence-electron chi connectivity index (χ3n) is 5.88. The maximum atomic E-state index is 10.2. The largest absolute Gasteiger partial charge is 0.297 e. The standard InChI is InChI=1S/C24H28Cl2N2/c1-18(2)28(16-19-7-4-3-5-8-19)14-6-13-24(17-27,20-9-10-20)21-11-12-22(25)23(26)15-21/h3-5,7-8,11-12,15,18,20H,6,9-10,13-14,16H2,1-2H3. The SMILES string of the molecule is CC(C)N(CCCC(C#N)(c1ccc(Cl)c(Cl)c1)C1CC1)Cc1ccccc1. The highest BCUT2D eigenvalue weighted by Gasteiger charge is 2.46. The van der Waals surface area contributed by atoms with Crippen molar-refractivity contribution in [3.8, 4) is 6.07 Å². The molecule has 0 aromatic heterocycles. The molecule has 0 spiro atoms. The van der Waals surface area contributed by atoms with Crippen LogP contribution in [0.25, 0.3) is 0 Å². The Kier molecular flexibility index (Phi) is 7.05. The predicted octanol–water partition coefficient (Wildman–Crippen LogP) is 6.86. The molecule has 1 saturated carbocycles. The monoisotopic (exact) mass is 414 g/mol. The first kappa shape index (κ1) is 21.2. The molecule has 3 rings (SSSR count). The van der Waals surface area contributed by atoms with Gasteiger partial charge in [-0.1, -0.05) is 59.6 Å². The van der Waals surface area contributed by atoms with Crippen molar-refractivity contribution in [2.45, 2.75) is 57.5 Å². The van der Waals surface area contributed by atoms with Crippen molar-refractivity contribution < 1.29 is 0 Å². The molecule has 0 amide bonds. The molecule has 0 radical (unpaired) electrons. The molecule has 1 fully saturated rings. The molecule has 4 heteroatoms. The van der Waals surface area contributed by atoms with E-state index in [1.54, 1.807) is 0 Å². The molecule has 0 aliphatic heterocycles. The zero-order valence-corrected chi connectivity index (χ0v) is 18.2. The first-order valence-electron chi connectivity index (χ1n) is 10.1. The number of nitrogens with zero attached hydrogens (tertiary/aromatic N) is 2. The molecule has 28 heavy (non-hydrogen) atoms. The van der Waals surface area contributed by atoms with Crippen molar-refractivity contribution in [1.29, 1.82) is 5.26 Å². The Hall–Kier alpha value is -1.53. The highest BCUT2D eigenvalue weighted by atomic mass is 35.5. The molecule has 2 nitrogen and oxygen atoms in total. The minimum Gasteiger partial charge on any atom is -0.297 e. The van der Waals surface area contributed by atoms with Crippen LogP contribution < -0.4 is 0 Å². The van der Waals surface area contributed by atoms with Gasteiger partial charge >= 0.3 is 0 Å². The summed E-state index contributed by atoms with van der Waals surface area (Å²) in [5.41, 5.74) is 1.89. The quantitative estimate of drug-likeness (QED) is 0.448. The average molecular weight is 415 g/mol. The smallest absolute Gasteiger partial charge is 0.0851 e. The third kappa shape index (κ3) is 4.90. The van der Waals surface area contributed by atoms with E-state index in [-0.39, 0.29) is 0 Å². The summed E-state index contributed by atoms with van der Waals surface area (Å²) in [7, 11) is 0. The summed E-state index contributed by atoms with van der Waals surface area (Å²) < 4.78 is 0. The lowest BCUT2D eigenvalue weighted by Crippen LogP contribution is -2.33. The van der Waals surface area contributed by atoms with Crippen LogP contribution in [-0.4, -0.2) is 17.5 Å². The number of nitriles is 1. The van der Waals surface area contributed by atoms with E-state index in [4.69, 9.17) is 23.2 Å². The van der Waals surface area contributed by atoms with Gasteiger partial charge in [-0.2, -0.15) is 5.26 Å².